The monoisotopic (exact) mass is 326 g/mol. The molecule has 1 aromatic rings. The number of benzene rings is 1. The maximum atomic E-state index is 12.1. The van der Waals surface area contributed by atoms with Gasteiger partial charge in [0.25, 0.3) is 5.91 Å². The van der Waals surface area contributed by atoms with Crippen LogP contribution >= 0.6 is 15.9 Å². The van der Waals surface area contributed by atoms with Crippen LogP contribution in [0.5, 0.6) is 5.75 Å². The molecule has 0 spiro atoms. The zero-order chi connectivity index (χ0) is 13.8. The van der Waals surface area contributed by atoms with E-state index in [1.54, 1.807) is 12.1 Å². The second-order valence-corrected chi connectivity index (χ2v) is 5.89. The predicted molar refractivity (Wildman–Crippen MR) is 78.4 cm³/mol. The zero-order valence-electron chi connectivity index (χ0n) is 10.9. The summed E-state index contributed by atoms with van der Waals surface area (Å²) in [4.78, 5) is 12.1. The number of rotatable bonds is 3. The molecular weight excluding hydrogens is 308 g/mol. The summed E-state index contributed by atoms with van der Waals surface area (Å²) in [5.74, 6) is -0.186. The lowest BCUT2D eigenvalue weighted by Gasteiger charge is -2.28. The smallest absolute Gasteiger partial charge is 0.255 e. The quantitative estimate of drug-likeness (QED) is 0.799. The van der Waals surface area contributed by atoms with Gasteiger partial charge in [0.2, 0.25) is 0 Å². The molecule has 2 rings (SSSR count). The Kier molecular flexibility index (Phi) is 4.82. The lowest BCUT2D eigenvalue weighted by atomic mass is 9.91. The molecular formula is C14H19BrN2O2. The van der Waals surface area contributed by atoms with E-state index in [1.807, 2.05) is 7.05 Å². The van der Waals surface area contributed by atoms with Crippen molar-refractivity contribution in [2.45, 2.75) is 37.8 Å². The second kappa shape index (κ2) is 6.39. The fourth-order valence-corrected chi connectivity index (χ4v) is 2.84. The fourth-order valence-electron chi connectivity index (χ4n) is 2.49. The molecule has 0 saturated heterocycles. The first kappa shape index (κ1) is 14.3. The molecule has 1 aromatic carbocycles. The molecule has 4 nitrogen and oxygen atoms in total. The second-order valence-electron chi connectivity index (χ2n) is 4.97. The van der Waals surface area contributed by atoms with Gasteiger partial charge in [0.15, 0.2) is 0 Å². The highest BCUT2D eigenvalue weighted by molar-refractivity contribution is 9.10. The summed E-state index contributed by atoms with van der Waals surface area (Å²) >= 11 is 3.26. The van der Waals surface area contributed by atoms with Crippen LogP contribution in [0.2, 0.25) is 0 Å². The van der Waals surface area contributed by atoms with Crippen LogP contribution in [0.1, 0.15) is 36.0 Å². The number of halogens is 1. The minimum Gasteiger partial charge on any atom is -0.507 e. The highest BCUT2D eigenvalue weighted by Gasteiger charge is 2.22. The lowest BCUT2D eigenvalue weighted by molar-refractivity contribution is 0.0922. The first-order valence-electron chi connectivity index (χ1n) is 6.57. The number of aromatic hydroxyl groups is 1. The van der Waals surface area contributed by atoms with Gasteiger partial charge in [-0.1, -0.05) is 15.9 Å². The van der Waals surface area contributed by atoms with Crippen LogP contribution < -0.4 is 10.6 Å². The Morgan fingerprint density at radius 1 is 1.26 bits per heavy atom. The van der Waals surface area contributed by atoms with Gasteiger partial charge in [0, 0.05) is 16.6 Å². The third-order valence-corrected chi connectivity index (χ3v) is 4.17. The minimum atomic E-state index is -0.196. The number of phenols is 1. The Bertz CT molecular complexity index is 457. The first-order valence-corrected chi connectivity index (χ1v) is 7.36. The molecule has 0 atom stereocenters. The van der Waals surface area contributed by atoms with E-state index in [1.165, 1.54) is 6.07 Å². The SMILES string of the molecule is CNC1CCC(NC(=O)c2ccc(Br)cc2O)CC1. The summed E-state index contributed by atoms with van der Waals surface area (Å²) in [6.07, 6.45) is 4.12. The molecule has 0 bridgehead atoms. The number of amides is 1. The van der Waals surface area contributed by atoms with Crippen LogP contribution in [0.25, 0.3) is 0 Å². The van der Waals surface area contributed by atoms with Gasteiger partial charge in [-0.3, -0.25) is 4.79 Å². The van der Waals surface area contributed by atoms with E-state index in [2.05, 4.69) is 26.6 Å². The van der Waals surface area contributed by atoms with Gasteiger partial charge >= 0.3 is 0 Å². The van der Waals surface area contributed by atoms with Crippen LogP contribution in [0.15, 0.2) is 22.7 Å². The molecule has 1 fully saturated rings. The largest absolute Gasteiger partial charge is 0.507 e. The number of hydrogen-bond donors (Lipinski definition) is 3. The van der Waals surface area contributed by atoms with Gasteiger partial charge in [0.05, 0.1) is 5.56 Å². The van der Waals surface area contributed by atoms with Crippen molar-refractivity contribution in [3.05, 3.63) is 28.2 Å². The van der Waals surface area contributed by atoms with E-state index in [-0.39, 0.29) is 17.7 Å². The van der Waals surface area contributed by atoms with Crippen LogP contribution in [-0.2, 0) is 0 Å². The van der Waals surface area contributed by atoms with E-state index in [0.717, 1.165) is 30.2 Å². The van der Waals surface area contributed by atoms with Crippen molar-refractivity contribution < 1.29 is 9.90 Å². The third kappa shape index (κ3) is 3.70. The van der Waals surface area contributed by atoms with Gasteiger partial charge < -0.3 is 15.7 Å². The van der Waals surface area contributed by atoms with Crippen LogP contribution in [0, 0.1) is 0 Å². The molecule has 0 aromatic heterocycles. The number of carbonyl (C=O) groups is 1. The summed E-state index contributed by atoms with van der Waals surface area (Å²) in [6, 6.07) is 5.70. The molecule has 19 heavy (non-hydrogen) atoms. The molecule has 5 heteroatoms. The Hall–Kier alpha value is -1.07. The first-order chi connectivity index (χ1) is 9.10. The van der Waals surface area contributed by atoms with Crippen molar-refractivity contribution in [2.24, 2.45) is 0 Å². The topological polar surface area (TPSA) is 61.4 Å². The number of phenolic OH excluding ortho intramolecular Hbond substituents is 1. The van der Waals surface area contributed by atoms with Crippen molar-refractivity contribution in [3.8, 4) is 5.75 Å². The van der Waals surface area contributed by atoms with Crippen LogP contribution in [-0.4, -0.2) is 30.1 Å². The van der Waals surface area contributed by atoms with Gasteiger partial charge in [-0.05, 0) is 50.9 Å². The Morgan fingerprint density at radius 3 is 2.47 bits per heavy atom. The number of nitrogens with one attached hydrogen (secondary N) is 2. The summed E-state index contributed by atoms with van der Waals surface area (Å²) in [5, 5.41) is 16.0. The fraction of sp³-hybridized carbons (Fsp3) is 0.500. The van der Waals surface area contributed by atoms with Crippen molar-refractivity contribution >= 4 is 21.8 Å². The van der Waals surface area contributed by atoms with E-state index >= 15 is 0 Å². The maximum Gasteiger partial charge on any atom is 0.255 e. The summed E-state index contributed by atoms with van der Waals surface area (Å²) in [6.45, 7) is 0. The number of hydrogen-bond acceptors (Lipinski definition) is 3. The highest BCUT2D eigenvalue weighted by atomic mass is 79.9. The lowest BCUT2D eigenvalue weighted by Crippen LogP contribution is -2.41. The maximum absolute atomic E-state index is 12.1. The normalized spacial score (nSPS) is 23.1. The summed E-state index contributed by atoms with van der Waals surface area (Å²) < 4.78 is 0.760. The Labute approximate surface area is 121 Å². The number of carbonyl (C=O) groups excluding carboxylic acids is 1. The van der Waals surface area contributed by atoms with Gasteiger partial charge in [0.1, 0.15) is 5.75 Å². The van der Waals surface area contributed by atoms with Gasteiger partial charge in [-0.25, -0.2) is 0 Å². The van der Waals surface area contributed by atoms with Gasteiger partial charge in [-0.15, -0.1) is 0 Å². The molecule has 0 unspecified atom stereocenters. The van der Waals surface area contributed by atoms with Gasteiger partial charge in [-0.2, -0.15) is 0 Å². The van der Waals surface area contributed by atoms with Crippen LogP contribution in [0.3, 0.4) is 0 Å². The summed E-state index contributed by atoms with van der Waals surface area (Å²) in [7, 11) is 1.98. The van der Waals surface area contributed by atoms with E-state index in [9.17, 15) is 9.90 Å². The van der Waals surface area contributed by atoms with E-state index in [4.69, 9.17) is 0 Å². The molecule has 0 heterocycles. The van der Waals surface area contributed by atoms with E-state index < -0.39 is 0 Å². The van der Waals surface area contributed by atoms with Crippen molar-refractivity contribution in [1.29, 1.82) is 0 Å². The average molecular weight is 327 g/mol. The molecule has 1 amide bonds. The standard InChI is InChI=1S/C14H19BrN2O2/c1-16-10-3-5-11(6-4-10)17-14(19)12-7-2-9(15)8-13(12)18/h2,7-8,10-11,16,18H,3-6H2,1H3,(H,17,19). The van der Waals surface area contributed by atoms with Crippen molar-refractivity contribution in [2.75, 3.05) is 7.05 Å². The third-order valence-electron chi connectivity index (χ3n) is 3.68. The average Bonchev–Trinajstić information content (AvgIpc) is 2.39. The Morgan fingerprint density at radius 2 is 1.89 bits per heavy atom. The molecule has 1 aliphatic carbocycles. The minimum absolute atomic E-state index is 0.00999. The molecule has 104 valence electrons. The van der Waals surface area contributed by atoms with Crippen LogP contribution in [0.4, 0.5) is 0 Å². The molecule has 0 aliphatic heterocycles. The molecule has 1 aliphatic rings. The van der Waals surface area contributed by atoms with Crippen molar-refractivity contribution in [1.82, 2.24) is 10.6 Å². The predicted octanol–water partition coefficient (Wildman–Crippen LogP) is 2.42. The zero-order valence-corrected chi connectivity index (χ0v) is 12.5. The summed E-state index contributed by atoms with van der Waals surface area (Å²) in [5.41, 5.74) is 0.332. The molecule has 0 radical (unpaired) electrons. The molecule has 3 N–H and O–H groups in total. The van der Waals surface area contributed by atoms with E-state index in [0.29, 0.717) is 11.6 Å². The highest BCUT2D eigenvalue weighted by Crippen LogP contribution is 2.23. The van der Waals surface area contributed by atoms with Crippen molar-refractivity contribution in [3.63, 3.8) is 0 Å². The molecule has 1 saturated carbocycles. The Balaban J connectivity index is 1.94.